The zero-order valence-corrected chi connectivity index (χ0v) is 20.3. The number of nitrogens with one attached hydrogen (secondary N) is 1. The first kappa shape index (κ1) is 22.7. The summed E-state index contributed by atoms with van der Waals surface area (Å²) in [6.45, 7) is 4.61. The number of benzene rings is 1. The molecule has 1 saturated heterocycles. The fraction of sp³-hybridized carbons (Fsp3) is 0.704. The maximum Gasteiger partial charge on any atom is 0.271 e. The Kier molecular flexibility index (Phi) is 5.30. The second-order valence-electron chi connectivity index (χ2n) is 11.6. The summed E-state index contributed by atoms with van der Waals surface area (Å²) in [4.78, 5) is 28.1. The van der Waals surface area contributed by atoms with Crippen LogP contribution in [0.15, 0.2) is 24.3 Å². The van der Waals surface area contributed by atoms with E-state index in [1.54, 1.807) is 36.2 Å². The lowest BCUT2D eigenvalue weighted by molar-refractivity contribution is -0.183. The molecule has 4 aliphatic rings. The number of fused-ring (bicyclic) bond motifs is 5. The smallest absolute Gasteiger partial charge is 0.271 e. The summed E-state index contributed by atoms with van der Waals surface area (Å²) < 4.78 is 21.8. The van der Waals surface area contributed by atoms with Crippen molar-refractivity contribution in [2.24, 2.45) is 28.6 Å². The summed E-state index contributed by atoms with van der Waals surface area (Å²) in [5, 5.41) is 2.66. The minimum atomic E-state index is -2.57. The topological polar surface area (TPSA) is 58.6 Å². The molecule has 2 amide bonds. The minimum absolute atomic E-state index is 0.00879. The van der Waals surface area contributed by atoms with Crippen molar-refractivity contribution in [1.82, 2.24) is 4.90 Å². The van der Waals surface area contributed by atoms with Crippen molar-refractivity contribution in [2.75, 3.05) is 19.5 Å². The number of ether oxygens (including phenoxy) is 1. The average Bonchev–Trinajstić information content (AvgIpc) is 3.19. The Morgan fingerprint density at radius 3 is 2.70 bits per heavy atom. The number of rotatable bonds is 3. The fourth-order valence-corrected chi connectivity index (χ4v) is 8.44. The summed E-state index contributed by atoms with van der Waals surface area (Å²) in [5.41, 5.74) is -2.13. The molecule has 3 aliphatic carbocycles. The first-order chi connectivity index (χ1) is 15.6. The molecule has 7 atom stereocenters. The van der Waals surface area contributed by atoms with E-state index < -0.39 is 22.9 Å². The van der Waals surface area contributed by atoms with Gasteiger partial charge in [-0.05, 0) is 79.2 Å². The van der Waals surface area contributed by atoms with Gasteiger partial charge in [0, 0.05) is 31.3 Å². The van der Waals surface area contributed by atoms with Crippen molar-refractivity contribution in [3.8, 4) is 5.75 Å². The van der Waals surface area contributed by atoms with Crippen LogP contribution in [0.2, 0.25) is 0 Å². The second-order valence-corrected chi connectivity index (χ2v) is 11.6. The van der Waals surface area contributed by atoms with Gasteiger partial charge >= 0.3 is 0 Å². The standard InChI is InChI=1S/C27H37FN2O3/c1-25-13-6-9-20(25)19-10-11-22-26(2,21(19)12-14-25)16-27(28,24(32)30(22)3)23(31)29-17-7-5-8-18(15-17)33-4/h5,7-8,15,19-22H,6,9-14,16H2,1-4H3,(H,29,31)/t19-,20-,21+,22?,25-,26+,27?/m0/s1. The van der Waals surface area contributed by atoms with Crippen molar-refractivity contribution in [2.45, 2.75) is 76.9 Å². The van der Waals surface area contributed by atoms with Gasteiger partial charge < -0.3 is 15.0 Å². The summed E-state index contributed by atoms with van der Waals surface area (Å²) in [6, 6.07) is 6.81. The normalized spacial score (nSPS) is 42.2. The molecule has 5 rings (SSSR count). The van der Waals surface area contributed by atoms with E-state index in [1.165, 1.54) is 32.8 Å². The summed E-state index contributed by atoms with van der Waals surface area (Å²) >= 11 is 0. The highest BCUT2D eigenvalue weighted by molar-refractivity contribution is 6.14. The van der Waals surface area contributed by atoms with Gasteiger partial charge in [0.1, 0.15) is 5.75 Å². The van der Waals surface area contributed by atoms with Crippen molar-refractivity contribution in [1.29, 1.82) is 0 Å². The number of likely N-dealkylation sites (tertiary alicyclic amines) is 1. The highest BCUT2D eigenvalue weighted by Crippen LogP contribution is 2.65. The van der Waals surface area contributed by atoms with Crippen LogP contribution in [0.4, 0.5) is 10.1 Å². The number of carbonyl (C=O) groups excluding carboxylic acids is 2. The zero-order valence-electron chi connectivity index (χ0n) is 20.3. The van der Waals surface area contributed by atoms with Gasteiger partial charge in [-0.15, -0.1) is 0 Å². The molecule has 1 aromatic rings. The monoisotopic (exact) mass is 456 g/mol. The van der Waals surface area contributed by atoms with E-state index in [-0.39, 0.29) is 12.5 Å². The van der Waals surface area contributed by atoms with Crippen LogP contribution in [0.5, 0.6) is 5.75 Å². The molecule has 2 unspecified atom stereocenters. The molecule has 0 radical (unpaired) electrons. The maximum atomic E-state index is 16.6. The van der Waals surface area contributed by atoms with Gasteiger partial charge in [0.15, 0.2) is 0 Å². The highest BCUT2D eigenvalue weighted by atomic mass is 19.1. The van der Waals surface area contributed by atoms with E-state index in [0.717, 1.165) is 19.3 Å². The molecule has 3 saturated carbocycles. The largest absolute Gasteiger partial charge is 0.497 e. The predicted molar refractivity (Wildman–Crippen MR) is 126 cm³/mol. The third-order valence-corrected chi connectivity index (χ3v) is 10.0. The SMILES string of the molecule is COc1cccc(NC(=O)C2(F)C[C@@]3(C)C(CC[C@@H]4[C@H]3CC[C@]3(C)CCC[C@@H]43)N(C)C2=O)c1. The number of halogens is 1. The van der Waals surface area contributed by atoms with Gasteiger partial charge in [-0.1, -0.05) is 26.3 Å². The third kappa shape index (κ3) is 3.30. The molecule has 1 aromatic carbocycles. The van der Waals surface area contributed by atoms with Crippen LogP contribution in [0.25, 0.3) is 0 Å². The number of nitrogens with zero attached hydrogens (tertiary/aromatic N) is 1. The van der Waals surface area contributed by atoms with Crippen LogP contribution < -0.4 is 10.1 Å². The number of amides is 2. The third-order valence-electron chi connectivity index (χ3n) is 10.0. The molecule has 33 heavy (non-hydrogen) atoms. The summed E-state index contributed by atoms with van der Waals surface area (Å²) in [6.07, 6.45) is 8.08. The van der Waals surface area contributed by atoms with Crippen molar-refractivity contribution in [3.05, 3.63) is 24.3 Å². The number of carbonyl (C=O) groups is 2. The second kappa shape index (κ2) is 7.71. The summed E-state index contributed by atoms with van der Waals surface area (Å²) in [5.74, 6) is 0.608. The molecule has 1 heterocycles. The van der Waals surface area contributed by atoms with Gasteiger partial charge in [0.2, 0.25) is 0 Å². The molecule has 1 N–H and O–H groups in total. The Labute approximate surface area is 196 Å². The average molecular weight is 457 g/mol. The van der Waals surface area contributed by atoms with Crippen molar-refractivity contribution in [3.63, 3.8) is 0 Å². The lowest BCUT2D eigenvalue weighted by atomic mass is 9.46. The number of alkyl halides is 1. The molecule has 0 aromatic heterocycles. The van der Waals surface area contributed by atoms with Crippen LogP contribution in [0, 0.1) is 28.6 Å². The molecule has 6 heteroatoms. The van der Waals surface area contributed by atoms with E-state index >= 15 is 4.39 Å². The molecular weight excluding hydrogens is 419 g/mol. The number of methoxy groups -OCH3 is 1. The molecule has 0 bridgehead atoms. The van der Waals surface area contributed by atoms with Gasteiger partial charge in [-0.3, -0.25) is 9.59 Å². The van der Waals surface area contributed by atoms with E-state index in [2.05, 4.69) is 19.2 Å². The first-order valence-electron chi connectivity index (χ1n) is 12.5. The Morgan fingerprint density at radius 2 is 1.94 bits per heavy atom. The van der Waals surface area contributed by atoms with Crippen molar-refractivity contribution >= 4 is 17.5 Å². The van der Waals surface area contributed by atoms with E-state index in [4.69, 9.17) is 4.74 Å². The Bertz CT molecular complexity index is 968. The highest BCUT2D eigenvalue weighted by Gasteiger charge is 2.66. The lowest BCUT2D eigenvalue weighted by Gasteiger charge is -2.62. The van der Waals surface area contributed by atoms with Crippen molar-refractivity contribution < 1.29 is 18.7 Å². The zero-order chi connectivity index (χ0) is 23.6. The number of hydrogen-bond donors (Lipinski definition) is 1. The van der Waals surface area contributed by atoms with Crippen LogP contribution in [0.3, 0.4) is 0 Å². The van der Waals surface area contributed by atoms with Gasteiger partial charge in [0.25, 0.3) is 17.5 Å². The van der Waals surface area contributed by atoms with Gasteiger partial charge in [0.05, 0.1) is 7.11 Å². The number of piperidine rings is 1. The van der Waals surface area contributed by atoms with Crippen LogP contribution in [-0.2, 0) is 9.59 Å². The molecule has 4 fully saturated rings. The number of hydrogen-bond acceptors (Lipinski definition) is 3. The van der Waals surface area contributed by atoms with Gasteiger partial charge in [-0.2, -0.15) is 0 Å². The Morgan fingerprint density at radius 1 is 1.15 bits per heavy atom. The van der Waals surface area contributed by atoms with E-state index in [1.807, 2.05) is 0 Å². The van der Waals surface area contributed by atoms with Crippen LogP contribution in [-0.4, -0.2) is 42.6 Å². The van der Waals surface area contributed by atoms with Gasteiger partial charge in [-0.25, -0.2) is 4.39 Å². The molecule has 5 nitrogen and oxygen atoms in total. The van der Waals surface area contributed by atoms with Crippen LogP contribution >= 0.6 is 0 Å². The Hall–Kier alpha value is -2.11. The van der Waals surface area contributed by atoms with Crippen LogP contribution in [0.1, 0.15) is 65.2 Å². The molecular formula is C27H37FN2O3. The van der Waals surface area contributed by atoms with E-state index in [0.29, 0.717) is 34.6 Å². The number of anilines is 1. The summed E-state index contributed by atoms with van der Waals surface area (Å²) in [7, 11) is 3.23. The minimum Gasteiger partial charge on any atom is -0.497 e. The quantitative estimate of drug-likeness (QED) is 0.636. The lowest BCUT2D eigenvalue weighted by Crippen LogP contribution is -2.69. The molecule has 1 aliphatic heterocycles. The first-order valence-corrected chi connectivity index (χ1v) is 12.5. The fourth-order valence-electron chi connectivity index (χ4n) is 8.44. The maximum absolute atomic E-state index is 16.6. The van der Waals surface area contributed by atoms with E-state index in [9.17, 15) is 9.59 Å². The molecule has 180 valence electrons. The Balaban J connectivity index is 1.45. The predicted octanol–water partition coefficient (Wildman–Crippen LogP) is 5.21. The molecule has 0 spiro atoms.